The average Bonchev–Trinajstić information content (AvgIpc) is 2.76. The van der Waals surface area contributed by atoms with Crippen molar-refractivity contribution in [2.24, 2.45) is 17.4 Å². The minimum absolute atomic E-state index is 0.00499. The summed E-state index contributed by atoms with van der Waals surface area (Å²) >= 11 is 4.04. The van der Waals surface area contributed by atoms with Crippen LogP contribution >= 0.6 is 12.6 Å². The Morgan fingerprint density at radius 2 is 1.43 bits per heavy atom. The Morgan fingerprint density at radius 3 is 1.91 bits per heavy atom. The molecule has 0 bridgehead atoms. The zero-order valence-corrected chi connectivity index (χ0v) is 20.5. The van der Waals surface area contributed by atoms with Crippen LogP contribution in [0.5, 0.6) is 5.75 Å². The molecule has 1 rings (SSSR count). The molecule has 0 heterocycles. The molecule has 0 aliphatic carbocycles. The predicted octanol–water partition coefficient (Wildman–Crippen LogP) is -1.35. The lowest BCUT2D eigenvalue weighted by atomic mass is 10.0. The lowest BCUT2D eigenvalue weighted by Gasteiger charge is -2.25. The maximum absolute atomic E-state index is 12.9. The van der Waals surface area contributed by atoms with Gasteiger partial charge in [0.1, 0.15) is 23.9 Å². The molecule has 0 spiro atoms. The molecule has 4 unspecified atom stereocenters. The molecule has 1 aromatic carbocycles. The van der Waals surface area contributed by atoms with E-state index in [1.165, 1.54) is 12.1 Å². The molecule has 0 saturated carbocycles. The van der Waals surface area contributed by atoms with Crippen molar-refractivity contribution in [3.05, 3.63) is 29.8 Å². The molecule has 9 N–H and O–H groups in total. The van der Waals surface area contributed by atoms with Crippen LogP contribution in [0, 0.1) is 5.92 Å². The van der Waals surface area contributed by atoms with Crippen molar-refractivity contribution in [1.82, 2.24) is 16.0 Å². The quantitative estimate of drug-likeness (QED) is 0.139. The van der Waals surface area contributed by atoms with Crippen LogP contribution in [0.3, 0.4) is 0 Å². The highest BCUT2D eigenvalue weighted by atomic mass is 32.1. The number of phenolic OH excluding ortho intramolecular Hbond substituents is 1. The lowest BCUT2D eigenvalue weighted by Crippen LogP contribution is -2.58. The first-order chi connectivity index (χ1) is 16.3. The van der Waals surface area contributed by atoms with Crippen molar-refractivity contribution >= 4 is 42.2 Å². The number of rotatable bonds is 14. The molecule has 4 atom stereocenters. The number of hydrogen-bond donors (Lipinski definition) is 8. The fourth-order valence-corrected chi connectivity index (χ4v) is 3.36. The van der Waals surface area contributed by atoms with Crippen molar-refractivity contribution in [2.45, 2.75) is 57.3 Å². The molecule has 0 saturated heterocycles. The molecular formula is C22H33N5O7S. The highest BCUT2D eigenvalue weighted by Crippen LogP contribution is 2.12. The molecule has 194 valence electrons. The van der Waals surface area contributed by atoms with Gasteiger partial charge in [0.15, 0.2) is 0 Å². The van der Waals surface area contributed by atoms with Crippen LogP contribution in [0.1, 0.15) is 32.3 Å². The van der Waals surface area contributed by atoms with Gasteiger partial charge in [-0.2, -0.15) is 12.6 Å². The van der Waals surface area contributed by atoms with E-state index in [0.717, 1.165) is 0 Å². The van der Waals surface area contributed by atoms with E-state index in [4.69, 9.17) is 16.6 Å². The third kappa shape index (κ3) is 10.6. The Balaban J connectivity index is 2.86. The first-order valence-corrected chi connectivity index (χ1v) is 11.5. The maximum atomic E-state index is 12.9. The van der Waals surface area contributed by atoms with E-state index in [-0.39, 0.29) is 30.3 Å². The van der Waals surface area contributed by atoms with Crippen molar-refractivity contribution in [3.8, 4) is 5.75 Å². The molecule has 13 heteroatoms. The summed E-state index contributed by atoms with van der Waals surface area (Å²) in [5.74, 6) is -4.63. The van der Waals surface area contributed by atoms with Gasteiger partial charge in [-0.1, -0.05) is 26.0 Å². The zero-order chi connectivity index (χ0) is 26.7. The van der Waals surface area contributed by atoms with E-state index in [9.17, 15) is 29.1 Å². The van der Waals surface area contributed by atoms with Crippen LogP contribution in [0.15, 0.2) is 24.3 Å². The van der Waals surface area contributed by atoms with Gasteiger partial charge in [0.05, 0.1) is 12.5 Å². The number of hydrogen-bond acceptors (Lipinski definition) is 8. The smallest absolute Gasteiger partial charge is 0.326 e. The van der Waals surface area contributed by atoms with Crippen LogP contribution in [0.2, 0.25) is 0 Å². The van der Waals surface area contributed by atoms with Crippen LogP contribution in [0.4, 0.5) is 0 Å². The van der Waals surface area contributed by atoms with Crippen molar-refractivity contribution in [2.75, 3.05) is 5.75 Å². The SMILES string of the molecule is CC(C)CC(NC(=O)C(N)Cc1ccc(O)cc1)C(=O)NC(CS)C(=O)NC(CC(N)=O)C(=O)O. The first-order valence-electron chi connectivity index (χ1n) is 10.9. The largest absolute Gasteiger partial charge is 0.508 e. The van der Waals surface area contributed by atoms with Crippen LogP contribution in [0.25, 0.3) is 0 Å². The van der Waals surface area contributed by atoms with E-state index in [0.29, 0.717) is 5.56 Å². The molecule has 35 heavy (non-hydrogen) atoms. The molecule has 4 amide bonds. The number of nitrogens with one attached hydrogen (secondary N) is 3. The van der Waals surface area contributed by atoms with Crippen LogP contribution < -0.4 is 27.4 Å². The van der Waals surface area contributed by atoms with E-state index in [2.05, 4.69) is 28.6 Å². The summed E-state index contributed by atoms with van der Waals surface area (Å²) in [5.41, 5.74) is 11.7. The number of thiol groups is 1. The second-order valence-corrected chi connectivity index (χ2v) is 8.85. The number of amides is 4. The summed E-state index contributed by atoms with van der Waals surface area (Å²) in [6.45, 7) is 3.68. The number of primary amides is 1. The number of carbonyl (C=O) groups is 5. The summed E-state index contributed by atoms with van der Waals surface area (Å²) in [4.78, 5) is 60.4. The molecule has 0 aliphatic heterocycles. The van der Waals surface area contributed by atoms with E-state index in [1.807, 2.05) is 13.8 Å². The number of phenols is 1. The molecule has 0 aromatic heterocycles. The number of benzene rings is 1. The van der Waals surface area contributed by atoms with Crippen molar-refractivity contribution < 1.29 is 34.2 Å². The third-order valence-corrected chi connectivity index (χ3v) is 5.27. The number of carbonyl (C=O) groups excluding carboxylic acids is 4. The Kier molecular flexibility index (Phi) is 12.0. The molecule has 1 aromatic rings. The van der Waals surface area contributed by atoms with Crippen LogP contribution in [-0.4, -0.2) is 69.7 Å². The monoisotopic (exact) mass is 511 g/mol. The Labute approximate surface area is 208 Å². The van der Waals surface area contributed by atoms with E-state index < -0.39 is 60.2 Å². The molecule has 0 fully saturated rings. The number of carboxylic acids is 1. The average molecular weight is 512 g/mol. The van der Waals surface area contributed by atoms with Gasteiger partial charge in [-0.15, -0.1) is 0 Å². The Morgan fingerprint density at radius 1 is 0.914 bits per heavy atom. The van der Waals surface area contributed by atoms with Gasteiger partial charge >= 0.3 is 5.97 Å². The summed E-state index contributed by atoms with van der Waals surface area (Å²) < 4.78 is 0. The fourth-order valence-electron chi connectivity index (χ4n) is 3.10. The van der Waals surface area contributed by atoms with Crippen LogP contribution in [-0.2, 0) is 30.4 Å². The van der Waals surface area contributed by atoms with Gasteiger partial charge in [-0.3, -0.25) is 19.2 Å². The minimum atomic E-state index is -1.57. The molecule has 0 radical (unpaired) electrons. The van der Waals surface area contributed by atoms with Gasteiger partial charge in [-0.25, -0.2) is 4.79 Å². The topological polar surface area (TPSA) is 214 Å². The summed E-state index contributed by atoms with van der Waals surface area (Å²) in [7, 11) is 0. The predicted molar refractivity (Wildman–Crippen MR) is 130 cm³/mol. The summed E-state index contributed by atoms with van der Waals surface area (Å²) in [6.07, 6.45) is -0.219. The second-order valence-electron chi connectivity index (χ2n) is 8.48. The van der Waals surface area contributed by atoms with E-state index >= 15 is 0 Å². The molecule has 0 aliphatic rings. The highest BCUT2D eigenvalue weighted by molar-refractivity contribution is 7.80. The van der Waals surface area contributed by atoms with Gasteiger partial charge in [0.25, 0.3) is 0 Å². The molecular weight excluding hydrogens is 478 g/mol. The van der Waals surface area contributed by atoms with Gasteiger partial charge in [0.2, 0.25) is 23.6 Å². The normalized spacial score (nSPS) is 14.3. The highest BCUT2D eigenvalue weighted by Gasteiger charge is 2.30. The Hall–Kier alpha value is -3.32. The molecule has 12 nitrogen and oxygen atoms in total. The number of aromatic hydroxyl groups is 1. The van der Waals surface area contributed by atoms with Crippen molar-refractivity contribution in [3.63, 3.8) is 0 Å². The van der Waals surface area contributed by atoms with Gasteiger partial charge < -0.3 is 37.6 Å². The lowest BCUT2D eigenvalue weighted by molar-refractivity contribution is -0.143. The first kappa shape index (κ1) is 29.7. The fraction of sp³-hybridized carbons (Fsp3) is 0.500. The number of nitrogens with two attached hydrogens (primary N) is 2. The summed E-state index contributed by atoms with van der Waals surface area (Å²) in [5, 5.41) is 25.7. The van der Waals surface area contributed by atoms with Gasteiger partial charge in [0, 0.05) is 5.75 Å². The Bertz CT molecular complexity index is 910. The number of aliphatic carboxylic acids is 1. The third-order valence-electron chi connectivity index (χ3n) is 4.90. The zero-order valence-electron chi connectivity index (χ0n) is 19.6. The number of carboxylic acid groups (broad SMARTS) is 1. The van der Waals surface area contributed by atoms with E-state index in [1.54, 1.807) is 12.1 Å². The maximum Gasteiger partial charge on any atom is 0.326 e. The van der Waals surface area contributed by atoms with Crippen molar-refractivity contribution in [1.29, 1.82) is 0 Å². The van der Waals surface area contributed by atoms with Gasteiger partial charge in [-0.05, 0) is 36.5 Å². The summed E-state index contributed by atoms with van der Waals surface area (Å²) in [6, 6.07) is 1.38. The second kappa shape index (κ2) is 14.2. The minimum Gasteiger partial charge on any atom is -0.508 e. The standard InChI is InChI=1S/C22H33N5O7S/c1-11(2)7-15(25-19(30)14(23)8-12-3-5-13(28)6-4-12)20(31)27-17(10-35)21(32)26-16(22(33)34)9-18(24)29/h3-6,11,14-17,28,35H,7-10,23H2,1-2H3,(H2,24,29)(H,25,30)(H,26,32)(H,27,31)(H,33,34).